The van der Waals surface area contributed by atoms with E-state index in [1.807, 2.05) is 23.6 Å². The van der Waals surface area contributed by atoms with E-state index >= 15 is 0 Å². The summed E-state index contributed by atoms with van der Waals surface area (Å²) in [4.78, 5) is 4.61. The molecular formula is C21H22BrN3OS. The van der Waals surface area contributed by atoms with E-state index in [0.29, 0.717) is 6.61 Å². The van der Waals surface area contributed by atoms with Gasteiger partial charge in [0, 0.05) is 10.9 Å². The second-order valence-electron chi connectivity index (χ2n) is 6.25. The Balaban J connectivity index is 1.64. The molecule has 2 aromatic carbocycles. The number of hydrazone groups is 1. The molecule has 0 saturated heterocycles. The maximum absolute atomic E-state index is 5.66. The van der Waals surface area contributed by atoms with Crippen molar-refractivity contribution >= 4 is 38.6 Å². The highest BCUT2D eigenvalue weighted by molar-refractivity contribution is 9.10. The van der Waals surface area contributed by atoms with Crippen LogP contribution >= 0.6 is 27.3 Å². The van der Waals surface area contributed by atoms with Gasteiger partial charge in [0.2, 0.25) is 5.13 Å². The molecule has 0 radical (unpaired) electrons. The lowest BCUT2D eigenvalue weighted by atomic mass is 10.1. The van der Waals surface area contributed by atoms with Crippen molar-refractivity contribution in [1.29, 1.82) is 0 Å². The maximum atomic E-state index is 5.66. The second kappa shape index (κ2) is 9.15. The molecule has 0 bridgehead atoms. The summed E-state index contributed by atoms with van der Waals surface area (Å²) in [6.07, 6.45) is 2.75. The lowest BCUT2D eigenvalue weighted by Gasteiger charge is -2.07. The van der Waals surface area contributed by atoms with E-state index in [2.05, 4.69) is 70.4 Å². The number of thiazole rings is 1. The minimum atomic E-state index is 0.709. The first-order chi connectivity index (χ1) is 13.1. The number of hydrogen-bond donors (Lipinski definition) is 1. The van der Waals surface area contributed by atoms with Gasteiger partial charge in [-0.25, -0.2) is 4.98 Å². The zero-order valence-corrected chi connectivity index (χ0v) is 18.0. The summed E-state index contributed by atoms with van der Waals surface area (Å²) >= 11 is 5.08. The van der Waals surface area contributed by atoms with Crippen molar-refractivity contribution in [2.24, 2.45) is 5.10 Å². The van der Waals surface area contributed by atoms with Gasteiger partial charge in [-0.1, -0.05) is 19.1 Å². The summed E-state index contributed by atoms with van der Waals surface area (Å²) < 4.78 is 6.58. The molecule has 3 aromatic rings. The quantitative estimate of drug-likeness (QED) is 0.338. The zero-order chi connectivity index (χ0) is 19.2. The first kappa shape index (κ1) is 19.6. The van der Waals surface area contributed by atoms with Crippen molar-refractivity contribution < 1.29 is 4.74 Å². The molecule has 0 aliphatic carbocycles. The maximum Gasteiger partial charge on any atom is 0.203 e. The van der Waals surface area contributed by atoms with Gasteiger partial charge in [-0.3, -0.25) is 5.43 Å². The third-order valence-electron chi connectivity index (χ3n) is 4.10. The molecule has 0 unspecified atom stereocenters. The highest BCUT2D eigenvalue weighted by Crippen LogP contribution is 2.27. The van der Waals surface area contributed by atoms with Crippen LogP contribution in [0.5, 0.6) is 5.75 Å². The Morgan fingerprint density at radius 2 is 2.04 bits per heavy atom. The number of nitrogens with one attached hydrogen (secondary N) is 1. The van der Waals surface area contributed by atoms with Crippen LogP contribution in [0.4, 0.5) is 5.13 Å². The summed E-state index contributed by atoms with van der Waals surface area (Å²) in [6.45, 7) is 7.03. The molecule has 4 nitrogen and oxygen atoms in total. The largest absolute Gasteiger partial charge is 0.492 e. The number of hydrogen-bond acceptors (Lipinski definition) is 5. The van der Waals surface area contributed by atoms with E-state index in [-0.39, 0.29) is 0 Å². The van der Waals surface area contributed by atoms with Crippen LogP contribution in [0.2, 0.25) is 0 Å². The van der Waals surface area contributed by atoms with E-state index < -0.39 is 0 Å². The number of anilines is 1. The molecule has 0 fully saturated rings. The third kappa shape index (κ3) is 5.17. The van der Waals surface area contributed by atoms with Gasteiger partial charge in [-0.15, -0.1) is 11.3 Å². The molecule has 27 heavy (non-hydrogen) atoms. The van der Waals surface area contributed by atoms with Crippen LogP contribution in [0, 0.1) is 13.8 Å². The molecule has 3 rings (SSSR count). The summed E-state index contributed by atoms with van der Waals surface area (Å²) in [7, 11) is 0. The summed E-state index contributed by atoms with van der Waals surface area (Å²) in [6, 6.07) is 12.3. The number of rotatable bonds is 7. The first-order valence-electron chi connectivity index (χ1n) is 8.81. The van der Waals surface area contributed by atoms with Crippen molar-refractivity contribution in [3.05, 3.63) is 62.9 Å². The van der Waals surface area contributed by atoms with E-state index in [1.54, 1.807) is 6.21 Å². The van der Waals surface area contributed by atoms with Crippen molar-refractivity contribution in [3.8, 4) is 17.0 Å². The minimum absolute atomic E-state index is 0.709. The van der Waals surface area contributed by atoms with Gasteiger partial charge in [0.15, 0.2) is 0 Å². The molecular weight excluding hydrogens is 422 g/mol. The lowest BCUT2D eigenvalue weighted by Crippen LogP contribution is -1.96. The molecule has 140 valence electrons. The molecule has 0 amide bonds. The molecule has 0 saturated carbocycles. The van der Waals surface area contributed by atoms with Gasteiger partial charge in [0.25, 0.3) is 0 Å². The van der Waals surface area contributed by atoms with Crippen molar-refractivity contribution in [3.63, 3.8) is 0 Å². The highest BCUT2D eigenvalue weighted by atomic mass is 79.9. The lowest BCUT2D eigenvalue weighted by molar-refractivity contribution is 0.315. The number of nitrogens with zero attached hydrogens (tertiary/aromatic N) is 2. The van der Waals surface area contributed by atoms with Crippen LogP contribution in [-0.2, 0) is 0 Å². The highest BCUT2D eigenvalue weighted by Gasteiger charge is 2.05. The molecule has 1 aromatic heterocycles. The predicted octanol–water partition coefficient (Wildman–Crippen LogP) is 6.42. The van der Waals surface area contributed by atoms with E-state index in [4.69, 9.17) is 4.74 Å². The monoisotopic (exact) mass is 443 g/mol. The Morgan fingerprint density at radius 1 is 1.19 bits per heavy atom. The third-order valence-corrected chi connectivity index (χ3v) is 5.46. The Hall–Kier alpha value is -2.18. The van der Waals surface area contributed by atoms with Crippen LogP contribution in [0.1, 0.15) is 30.0 Å². The second-order valence-corrected chi connectivity index (χ2v) is 7.96. The first-order valence-corrected chi connectivity index (χ1v) is 10.5. The topological polar surface area (TPSA) is 46.5 Å². The Labute approximate surface area is 172 Å². The summed E-state index contributed by atoms with van der Waals surface area (Å²) in [5.41, 5.74) is 8.62. The van der Waals surface area contributed by atoms with E-state index in [1.165, 1.54) is 22.5 Å². The van der Waals surface area contributed by atoms with E-state index in [0.717, 1.165) is 38.6 Å². The SMILES string of the molecule is CCCOc1ccc(/C=N\Nc2nc(-c3ccc(C)c(C)c3)cs2)cc1Br. The summed E-state index contributed by atoms with van der Waals surface area (Å²) in [5, 5.41) is 7.10. The minimum Gasteiger partial charge on any atom is -0.492 e. The molecule has 0 spiro atoms. The van der Waals surface area contributed by atoms with Gasteiger partial charge >= 0.3 is 0 Å². The van der Waals surface area contributed by atoms with Crippen LogP contribution in [0.25, 0.3) is 11.3 Å². The van der Waals surface area contributed by atoms with Crippen molar-refractivity contribution in [1.82, 2.24) is 4.98 Å². The van der Waals surface area contributed by atoms with Gasteiger partial charge in [-0.2, -0.15) is 5.10 Å². The average molecular weight is 444 g/mol. The Bertz CT molecular complexity index is 952. The van der Waals surface area contributed by atoms with Gasteiger partial charge in [0.05, 0.1) is 23.0 Å². The number of aryl methyl sites for hydroxylation is 2. The molecule has 6 heteroatoms. The standard InChI is InChI=1S/C21H22BrN3OS/c1-4-9-26-20-8-6-16(11-18(20)22)12-23-25-21-24-19(13-27-21)17-7-5-14(2)15(3)10-17/h5-8,10-13H,4,9H2,1-3H3,(H,24,25)/b23-12-. The van der Waals surface area contributed by atoms with Crippen LogP contribution in [0.15, 0.2) is 51.4 Å². The zero-order valence-electron chi connectivity index (χ0n) is 15.6. The van der Waals surface area contributed by atoms with Gasteiger partial charge in [-0.05, 0) is 77.2 Å². The van der Waals surface area contributed by atoms with Crippen LogP contribution in [0.3, 0.4) is 0 Å². The number of aromatic nitrogens is 1. The summed E-state index contributed by atoms with van der Waals surface area (Å²) in [5.74, 6) is 0.847. The van der Waals surface area contributed by atoms with Gasteiger partial charge in [0.1, 0.15) is 5.75 Å². The molecule has 1 N–H and O–H groups in total. The molecule has 0 aliphatic heterocycles. The fourth-order valence-electron chi connectivity index (χ4n) is 2.45. The number of benzene rings is 2. The fraction of sp³-hybridized carbons (Fsp3) is 0.238. The van der Waals surface area contributed by atoms with Crippen molar-refractivity contribution in [2.45, 2.75) is 27.2 Å². The van der Waals surface area contributed by atoms with Crippen LogP contribution in [-0.4, -0.2) is 17.8 Å². The Kier molecular flexibility index (Phi) is 6.63. The smallest absolute Gasteiger partial charge is 0.203 e. The van der Waals surface area contributed by atoms with Crippen molar-refractivity contribution in [2.75, 3.05) is 12.0 Å². The number of halogens is 1. The molecule has 0 atom stereocenters. The number of ether oxygens (including phenoxy) is 1. The fourth-order valence-corrected chi connectivity index (χ4v) is 3.63. The predicted molar refractivity (Wildman–Crippen MR) is 118 cm³/mol. The van der Waals surface area contributed by atoms with Crippen LogP contribution < -0.4 is 10.2 Å². The molecule has 0 aliphatic rings. The Morgan fingerprint density at radius 3 is 2.78 bits per heavy atom. The molecule has 1 heterocycles. The van der Waals surface area contributed by atoms with E-state index in [9.17, 15) is 0 Å². The normalized spacial score (nSPS) is 11.1. The van der Waals surface area contributed by atoms with Gasteiger partial charge < -0.3 is 4.74 Å². The average Bonchev–Trinajstić information content (AvgIpc) is 3.12.